The molecule has 0 amide bonds. The number of thiophene rings is 1. The predicted molar refractivity (Wildman–Crippen MR) is 151 cm³/mol. The van der Waals surface area contributed by atoms with Gasteiger partial charge in [-0.1, -0.05) is 29.4 Å². The molecule has 222 valence electrons. The molecule has 12 heteroatoms. The Morgan fingerprint density at radius 2 is 1.56 bits per heavy atom. The van der Waals surface area contributed by atoms with Gasteiger partial charge in [0.25, 0.3) is 0 Å². The monoisotopic (exact) mass is 615 g/mol. The number of pyridine rings is 2. The Balaban J connectivity index is 1.39. The van der Waals surface area contributed by atoms with Crippen LogP contribution in [-0.4, -0.2) is 32.9 Å². The van der Waals surface area contributed by atoms with E-state index in [1.807, 2.05) is 31.2 Å². The van der Waals surface area contributed by atoms with Crippen LogP contribution in [0.3, 0.4) is 0 Å². The number of fused-ring (bicyclic) bond motifs is 1. The summed E-state index contributed by atoms with van der Waals surface area (Å²) in [4.78, 5) is 9.58. The van der Waals surface area contributed by atoms with E-state index in [-0.39, 0.29) is 22.9 Å². The van der Waals surface area contributed by atoms with Crippen LogP contribution in [0.2, 0.25) is 0 Å². The van der Waals surface area contributed by atoms with Gasteiger partial charge < -0.3 is 9.26 Å². The molecule has 0 aliphatic heterocycles. The van der Waals surface area contributed by atoms with Gasteiger partial charge in [0.1, 0.15) is 23.6 Å². The molecule has 0 spiro atoms. The molecule has 0 radical (unpaired) electrons. The molecule has 4 aromatic heterocycles. The van der Waals surface area contributed by atoms with E-state index < -0.39 is 40.0 Å². The van der Waals surface area contributed by atoms with E-state index in [1.54, 1.807) is 24.3 Å². The van der Waals surface area contributed by atoms with E-state index in [2.05, 4.69) is 15.1 Å². The van der Waals surface area contributed by atoms with Crippen LogP contribution in [0.15, 0.2) is 59.1 Å². The fourth-order valence-corrected chi connectivity index (χ4v) is 6.29. The third-order valence-corrected chi connectivity index (χ3v) is 8.47. The summed E-state index contributed by atoms with van der Waals surface area (Å²) in [6, 6.07) is 15.6. The van der Waals surface area contributed by atoms with Crippen molar-refractivity contribution in [1.29, 1.82) is 0 Å². The minimum Gasteiger partial charge on any atom is -0.485 e. The number of benzene rings is 1. The molecule has 43 heavy (non-hydrogen) atoms. The summed E-state index contributed by atoms with van der Waals surface area (Å²) in [5.74, 6) is -15.8. The molecule has 0 saturated carbocycles. The first-order valence-electron chi connectivity index (χ1n) is 13.1. The highest BCUT2D eigenvalue weighted by Gasteiger charge is 2.80. The number of alkyl halides is 6. The molecular formula is C31H23F6N3O2S. The standard InChI is InChI=1S/C31H23F6N3O2S/c1-15-11-12-19-7-5-10-23(28(19)38-15)41-14-20-8-6-9-22(39-20)24-13-21(18(4)43-24)26-27(25-16(2)40-42-17(25)3)30(34,35)31(36,37)29(26,32)33/h5-13H,14H2,1-4H3. The van der Waals surface area contributed by atoms with E-state index in [4.69, 9.17) is 9.26 Å². The third kappa shape index (κ3) is 4.41. The highest BCUT2D eigenvalue weighted by Crippen LogP contribution is 2.65. The highest BCUT2D eigenvalue weighted by atomic mass is 32.1. The number of allylic oxidation sites excluding steroid dienone is 2. The zero-order valence-corrected chi connectivity index (χ0v) is 24.1. The van der Waals surface area contributed by atoms with Crippen molar-refractivity contribution in [3.63, 3.8) is 0 Å². The van der Waals surface area contributed by atoms with Crippen LogP contribution in [-0.2, 0) is 6.61 Å². The van der Waals surface area contributed by atoms with Gasteiger partial charge >= 0.3 is 17.8 Å². The van der Waals surface area contributed by atoms with E-state index in [1.165, 1.54) is 26.8 Å². The van der Waals surface area contributed by atoms with Gasteiger partial charge in [0.15, 0.2) is 0 Å². The van der Waals surface area contributed by atoms with Crippen LogP contribution >= 0.6 is 11.3 Å². The van der Waals surface area contributed by atoms with Crippen molar-refractivity contribution >= 4 is 33.4 Å². The minimum atomic E-state index is -5.68. The number of rotatable bonds is 6. The first-order valence-corrected chi connectivity index (χ1v) is 13.9. The number of hydrogen-bond donors (Lipinski definition) is 0. The molecule has 4 heterocycles. The predicted octanol–water partition coefficient (Wildman–Crippen LogP) is 8.99. The molecule has 1 aromatic carbocycles. The maximum atomic E-state index is 15.4. The van der Waals surface area contributed by atoms with Gasteiger partial charge in [-0.15, -0.1) is 11.3 Å². The Hall–Kier alpha value is -4.19. The van der Waals surface area contributed by atoms with Crippen LogP contribution in [0.5, 0.6) is 5.75 Å². The lowest BCUT2D eigenvalue weighted by Crippen LogP contribution is -2.49. The van der Waals surface area contributed by atoms with Crippen molar-refractivity contribution in [2.24, 2.45) is 0 Å². The van der Waals surface area contributed by atoms with Crippen molar-refractivity contribution in [3.8, 4) is 16.3 Å². The van der Waals surface area contributed by atoms with Gasteiger partial charge in [-0.3, -0.25) is 0 Å². The topological polar surface area (TPSA) is 61.0 Å². The number of aromatic nitrogens is 3. The number of para-hydroxylation sites is 1. The fraction of sp³-hybridized carbons (Fsp3) is 0.258. The van der Waals surface area contributed by atoms with Crippen molar-refractivity contribution in [1.82, 2.24) is 15.1 Å². The molecule has 1 aliphatic rings. The molecule has 5 aromatic rings. The van der Waals surface area contributed by atoms with Gasteiger partial charge in [0, 0.05) is 27.1 Å². The minimum absolute atomic E-state index is 0.0532. The SMILES string of the molecule is Cc1ccc2cccc(OCc3cccc(-c4cc(C5=C(c6c(C)noc6C)C(F)(F)C(F)(F)C5(F)F)c(C)s4)n3)c2n1. The molecule has 6 rings (SSSR count). The number of aryl methyl sites for hydroxylation is 4. The Kier molecular flexibility index (Phi) is 6.68. The molecule has 0 saturated heterocycles. The average molecular weight is 616 g/mol. The lowest BCUT2D eigenvalue weighted by Gasteiger charge is -2.25. The largest absolute Gasteiger partial charge is 0.485 e. The van der Waals surface area contributed by atoms with Gasteiger partial charge in [-0.05, 0) is 63.6 Å². The van der Waals surface area contributed by atoms with Crippen LogP contribution < -0.4 is 4.74 Å². The van der Waals surface area contributed by atoms with Gasteiger partial charge in [-0.25, -0.2) is 9.97 Å². The van der Waals surface area contributed by atoms with Crippen LogP contribution in [0, 0.1) is 27.7 Å². The van der Waals surface area contributed by atoms with Crippen molar-refractivity contribution in [2.45, 2.75) is 52.1 Å². The van der Waals surface area contributed by atoms with Gasteiger partial charge in [-0.2, -0.15) is 26.3 Å². The number of nitrogens with zero attached hydrogens (tertiary/aromatic N) is 3. The zero-order chi connectivity index (χ0) is 30.9. The number of hydrogen-bond acceptors (Lipinski definition) is 6. The summed E-state index contributed by atoms with van der Waals surface area (Å²) in [5, 5.41) is 4.44. The molecular weight excluding hydrogens is 592 g/mol. The average Bonchev–Trinajstić information content (AvgIpc) is 3.53. The van der Waals surface area contributed by atoms with Gasteiger partial charge in [0.05, 0.1) is 27.5 Å². The Morgan fingerprint density at radius 3 is 2.28 bits per heavy atom. The lowest BCUT2D eigenvalue weighted by atomic mass is 9.94. The second-order valence-electron chi connectivity index (χ2n) is 10.3. The Morgan fingerprint density at radius 1 is 0.837 bits per heavy atom. The normalized spacial score (nSPS) is 17.2. The first kappa shape index (κ1) is 28.9. The molecule has 0 unspecified atom stereocenters. The molecule has 0 bridgehead atoms. The Labute approximate surface area is 245 Å². The molecule has 0 atom stereocenters. The van der Waals surface area contributed by atoms with Gasteiger partial charge in [0.2, 0.25) is 0 Å². The van der Waals surface area contributed by atoms with E-state index in [9.17, 15) is 8.78 Å². The quantitative estimate of drug-likeness (QED) is 0.179. The molecule has 5 nitrogen and oxygen atoms in total. The summed E-state index contributed by atoms with van der Waals surface area (Å²) in [6.45, 7) is 5.78. The van der Waals surface area contributed by atoms with Crippen LogP contribution in [0.1, 0.15) is 38.8 Å². The zero-order valence-electron chi connectivity index (χ0n) is 23.2. The summed E-state index contributed by atoms with van der Waals surface area (Å²) in [5.41, 5.74) is -1.76. The van der Waals surface area contributed by atoms with E-state index in [0.29, 0.717) is 27.5 Å². The summed E-state index contributed by atoms with van der Waals surface area (Å²) in [6.07, 6.45) is 0. The van der Waals surface area contributed by atoms with Crippen molar-refractivity contribution in [3.05, 3.63) is 93.4 Å². The fourth-order valence-electron chi connectivity index (χ4n) is 5.29. The second kappa shape index (κ2) is 9.94. The number of halogens is 6. The van der Waals surface area contributed by atoms with E-state index in [0.717, 1.165) is 22.4 Å². The first-order chi connectivity index (χ1) is 20.2. The molecule has 1 aliphatic carbocycles. The second-order valence-corrected chi connectivity index (χ2v) is 11.6. The van der Waals surface area contributed by atoms with Crippen LogP contribution in [0.25, 0.3) is 32.6 Å². The molecule has 0 fully saturated rings. The summed E-state index contributed by atoms with van der Waals surface area (Å²) in [7, 11) is 0. The maximum Gasteiger partial charge on any atom is 0.380 e. The summed E-state index contributed by atoms with van der Waals surface area (Å²) < 4.78 is 102. The van der Waals surface area contributed by atoms with Crippen LogP contribution in [0.4, 0.5) is 26.3 Å². The lowest BCUT2D eigenvalue weighted by molar-refractivity contribution is -0.254. The van der Waals surface area contributed by atoms with Crippen molar-refractivity contribution in [2.75, 3.05) is 0 Å². The third-order valence-electron chi connectivity index (χ3n) is 7.39. The highest BCUT2D eigenvalue weighted by molar-refractivity contribution is 7.15. The summed E-state index contributed by atoms with van der Waals surface area (Å²) >= 11 is 0.980. The van der Waals surface area contributed by atoms with Crippen molar-refractivity contribution < 1.29 is 35.6 Å². The smallest absolute Gasteiger partial charge is 0.380 e. The number of ether oxygens (including phenoxy) is 1. The Bertz CT molecular complexity index is 1910. The molecule has 0 N–H and O–H groups in total. The maximum absolute atomic E-state index is 15.4. The van der Waals surface area contributed by atoms with E-state index >= 15 is 17.6 Å².